The summed E-state index contributed by atoms with van der Waals surface area (Å²) in [6, 6.07) is 6.72. The molecule has 0 aliphatic carbocycles. The smallest absolute Gasteiger partial charge is 0.296 e. The minimum absolute atomic E-state index is 0.139. The van der Waals surface area contributed by atoms with Crippen molar-refractivity contribution < 1.29 is 14.0 Å². The second-order valence-corrected chi connectivity index (χ2v) is 6.28. The summed E-state index contributed by atoms with van der Waals surface area (Å²) >= 11 is 2.85. The Morgan fingerprint density at radius 3 is 2.35 bits per heavy atom. The molecular weight excluding hydrogens is 335 g/mol. The number of aromatic nitrogens is 1. The molecule has 0 bridgehead atoms. The highest BCUT2D eigenvalue weighted by Gasteiger charge is 2.20. The predicted molar refractivity (Wildman–Crippen MR) is 91.9 cm³/mol. The fourth-order valence-electron chi connectivity index (χ4n) is 1.94. The van der Waals surface area contributed by atoms with E-state index in [2.05, 4.69) is 10.3 Å². The molecule has 23 heavy (non-hydrogen) atoms. The molecule has 0 fully saturated rings. The Hall–Kier alpha value is -1.86. The first kappa shape index (κ1) is 17.5. The molecule has 1 N–H and O–H groups in total. The summed E-state index contributed by atoms with van der Waals surface area (Å²) in [5.74, 6) is -1.95. The van der Waals surface area contributed by atoms with Crippen LogP contribution in [0.2, 0.25) is 0 Å². The molecule has 2 rings (SSSR count). The van der Waals surface area contributed by atoms with Crippen LogP contribution in [0.15, 0.2) is 40.3 Å². The molecule has 1 aromatic heterocycles. The molecule has 7 heteroatoms. The second-order valence-electron chi connectivity index (χ2n) is 4.64. The minimum atomic E-state index is -0.770. The third kappa shape index (κ3) is 4.11. The lowest BCUT2D eigenvalue weighted by Gasteiger charge is -2.13. The van der Waals surface area contributed by atoms with E-state index in [1.54, 1.807) is 0 Å². The number of benzene rings is 1. The van der Waals surface area contributed by atoms with Gasteiger partial charge in [0, 0.05) is 16.2 Å². The van der Waals surface area contributed by atoms with Gasteiger partial charge < -0.3 is 5.32 Å². The van der Waals surface area contributed by atoms with Crippen LogP contribution >= 0.6 is 23.5 Å². The van der Waals surface area contributed by atoms with Crippen LogP contribution in [0.25, 0.3) is 0 Å². The first-order valence-corrected chi connectivity index (χ1v) is 9.12. The van der Waals surface area contributed by atoms with Gasteiger partial charge in [-0.15, -0.1) is 23.5 Å². The van der Waals surface area contributed by atoms with Gasteiger partial charge in [0.25, 0.3) is 11.7 Å². The van der Waals surface area contributed by atoms with E-state index >= 15 is 0 Å². The fraction of sp³-hybridized carbons (Fsp3) is 0.188. The number of thioether (sulfide) groups is 2. The van der Waals surface area contributed by atoms with E-state index in [9.17, 15) is 14.0 Å². The van der Waals surface area contributed by atoms with Gasteiger partial charge in [0.1, 0.15) is 10.8 Å². The molecule has 0 atom stereocenters. The Morgan fingerprint density at radius 2 is 1.78 bits per heavy atom. The van der Waals surface area contributed by atoms with Crippen LogP contribution in [0.3, 0.4) is 0 Å². The van der Waals surface area contributed by atoms with Crippen molar-refractivity contribution in [2.24, 2.45) is 0 Å². The molecular formula is C16H15FN2O2S2. The van der Waals surface area contributed by atoms with Crippen molar-refractivity contribution in [1.82, 2.24) is 4.98 Å². The van der Waals surface area contributed by atoms with Gasteiger partial charge in [0.15, 0.2) is 0 Å². The van der Waals surface area contributed by atoms with Crippen molar-refractivity contribution in [2.45, 2.75) is 16.8 Å². The van der Waals surface area contributed by atoms with Gasteiger partial charge in [-0.3, -0.25) is 9.59 Å². The largest absolute Gasteiger partial charge is 0.316 e. The zero-order valence-electron chi connectivity index (χ0n) is 12.8. The van der Waals surface area contributed by atoms with Crippen molar-refractivity contribution in [3.8, 4) is 0 Å². The van der Waals surface area contributed by atoms with Crippen molar-refractivity contribution in [3.05, 3.63) is 47.4 Å². The molecule has 0 saturated carbocycles. The van der Waals surface area contributed by atoms with Crippen molar-refractivity contribution >= 4 is 40.9 Å². The number of aryl methyl sites for hydroxylation is 1. The van der Waals surface area contributed by atoms with Crippen molar-refractivity contribution in [1.29, 1.82) is 0 Å². The van der Waals surface area contributed by atoms with E-state index in [0.717, 1.165) is 22.7 Å². The van der Waals surface area contributed by atoms with E-state index in [1.165, 1.54) is 35.7 Å². The molecule has 1 aromatic carbocycles. The maximum atomic E-state index is 12.9. The Bertz CT molecular complexity index is 723. The number of amides is 1. The number of carbonyl (C=O) groups is 2. The summed E-state index contributed by atoms with van der Waals surface area (Å²) in [4.78, 5) is 29.6. The van der Waals surface area contributed by atoms with Crippen molar-refractivity contribution in [3.63, 3.8) is 0 Å². The van der Waals surface area contributed by atoms with Crippen LogP contribution in [0.4, 0.5) is 10.1 Å². The number of nitrogens with zero attached hydrogens (tertiary/aromatic N) is 1. The normalized spacial score (nSPS) is 10.4. The maximum Gasteiger partial charge on any atom is 0.296 e. The SMILES string of the molecule is CSc1cc(C)nc(SC)c1NC(=O)C(=O)c1ccc(F)cc1. The Morgan fingerprint density at radius 1 is 1.13 bits per heavy atom. The van der Waals surface area contributed by atoms with E-state index in [1.807, 2.05) is 25.5 Å². The standard InChI is InChI=1S/C16H15FN2O2S2/c1-9-8-12(22-2)13(16(18-9)23-3)19-15(21)14(20)10-4-6-11(17)7-5-10/h4-8H,1-3H3,(H,19,21). The van der Waals surface area contributed by atoms with Crippen LogP contribution in [0, 0.1) is 12.7 Å². The Labute approximate surface area is 142 Å². The van der Waals surface area contributed by atoms with E-state index in [0.29, 0.717) is 10.7 Å². The first-order chi connectivity index (χ1) is 11.0. The number of pyridine rings is 1. The molecule has 0 saturated heterocycles. The second kappa shape index (κ2) is 7.61. The third-order valence-electron chi connectivity index (χ3n) is 3.04. The molecule has 0 aliphatic heterocycles. The number of hydrogen-bond acceptors (Lipinski definition) is 5. The lowest BCUT2D eigenvalue weighted by molar-refractivity contribution is -0.112. The van der Waals surface area contributed by atoms with Crippen LogP contribution in [0.1, 0.15) is 16.1 Å². The van der Waals surface area contributed by atoms with Crippen molar-refractivity contribution in [2.75, 3.05) is 17.8 Å². The number of carbonyl (C=O) groups excluding carboxylic acids is 2. The molecule has 0 spiro atoms. The number of rotatable bonds is 5. The molecule has 2 aromatic rings. The summed E-state index contributed by atoms with van der Waals surface area (Å²) in [7, 11) is 0. The maximum absolute atomic E-state index is 12.9. The first-order valence-electron chi connectivity index (χ1n) is 6.67. The van der Waals surface area contributed by atoms with Gasteiger partial charge in [0.05, 0.1) is 5.69 Å². The molecule has 1 heterocycles. The van der Waals surface area contributed by atoms with Gasteiger partial charge in [-0.25, -0.2) is 9.37 Å². The molecule has 120 valence electrons. The van der Waals surface area contributed by atoms with E-state index < -0.39 is 17.5 Å². The predicted octanol–water partition coefficient (Wildman–Crippen LogP) is 3.79. The Kier molecular flexibility index (Phi) is 5.79. The molecule has 0 aliphatic rings. The highest BCUT2D eigenvalue weighted by molar-refractivity contribution is 7.99. The average molecular weight is 350 g/mol. The number of nitrogens with one attached hydrogen (secondary N) is 1. The highest BCUT2D eigenvalue weighted by Crippen LogP contribution is 2.33. The minimum Gasteiger partial charge on any atom is -0.316 e. The van der Waals surface area contributed by atoms with Crippen LogP contribution in [-0.2, 0) is 4.79 Å². The number of Topliss-reactive ketones (excluding diaryl/α,β-unsaturated/α-hetero) is 1. The lowest BCUT2D eigenvalue weighted by atomic mass is 10.1. The summed E-state index contributed by atoms with van der Waals surface area (Å²) in [6.07, 6.45) is 3.74. The van der Waals surface area contributed by atoms with Gasteiger partial charge in [-0.05, 0) is 49.8 Å². The summed E-state index contributed by atoms with van der Waals surface area (Å²) in [6.45, 7) is 1.87. The Balaban J connectivity index is 2.29. The van der Waals surface area contributed by atoms with Crippen LogP contribution in [-0.4, -0.2) is 29.2 Å². The number of hydrogen-bond donors (Lipinski definition) is 1. The number of ketones is 1. The summed E-state index contributed by atoms with van der Waals surface area (Å²) < 4.78 is 12.9. The number of halogens is 1. The highest BCUT2D eigenvalue weighted by atomic mass is 32.2. The number of anilines is 1. The fourth-order valence-corrected chi connectivity index (χ4v) is 3.25. The van der Waals surface area contributed by atoms with Gasteiger partial charge >= 0.3 is 0 Å². The third-order valence-corrected chi connectivity index (χ3v) is 4.49. The van der Waals surface area contributed by atoms with Crippen LogP contribution < -0.4 is 5.32 Å². The molecule has 4 nitrogen and oxygen atoms in total. The monoisotopic (exact) mass is 350 g/mol. The van der Waals surface area contributed by atoms with Crippen LogP contribution in [0.5, 0.6) is 0 Å². The molecule has 1 amide bonds. The van der Waals surface area contributed by atoms with Gasteiger partial charge in [-0.1, -0.05) is 0 Å². The average Bonchev–Trinajstić information content (AvgIpc) is 2.55. The summed E-state index contributed by atoms with van der Waals surface area (Å²) in [5.41, 5.74) is 1.50. The zero-order chi connectivity index (χ0) is 17.0. The van der Waals surface area contributed by atoms with E-state index in [-0.39, 0.29) is 5.56 Å². The molecule has 0 unspecified atom stereocenters. The topological polar surface area (TPSA) is 59.1 Å². The quantitative estimate of drug-likeness (QED) is 0.505. The lowest BCUT2D eigenvalue weighted by Crippen LogP contribution is -2.23. The zero-order valence-corrected chi connectivity index (χ0v) is 14.5. The molecule has 0 radical (unpaired) electrons. The van der Waals surface area contributed by atoms with Gasteiger partial charge in [0.2, 0.25) is 0 Å². The summed E-state index contributed by atoms with van der Waals surface area (Å²) in [5, 5.41) is 3.28. The van der Waals surface area contributed by atoms with Gasteiger partial charge in [-0.2, -0.15) is 0 Å². The van der Waals surface area contributed by atoms with E-state index in [4.69, 9.17) is 0 Å².